The highest BCUT2D eigenvalue weighted by molar-refractivity contribution is 5.79. The summed E-state index contributed by atoms with van der Waals surface area (Å²) in [5.74, 6) is 0.849. The highest BCUT2D eigenvalue weighted by atomic mass is 16.5. The van der Waals surface area contributed by atoms with Crippen LogP contribution in [0.1, 0.15) is 31.4 Å². The molecule has 1 aromatic heterocycles. The molecule has 0 unspecified atom stereocenters. The Hall–Kier alpha value is -2.34. The van der Waals surface area contributed by atoms with Crippen LogP contribution < -0.4 is 10.6 Å². The third kappa shape index (κ3) is 7.39. The van der Waals surface area contributed by atoms with E-state index >= 15 is 0 Å². The molecule has 0 aliphatic heterocycles. The second-order valence-electron chi connectivity index (χ2n) is 5.72. The fourth-order valence-corrected chi connectivity index (χ4v) is 2.38. The Labute approximate surface area is 150 Å². The summed E-state index contributed by atoms with van der Waals surface area (Å²) in [4.78, 5) is 8.71. The van der Waals surface area contributed by atoms with Gasteiger partial charge >= 0.3 is 0 Å². The van der Waals surface area contributed by atoms with Gasteiger partial charge in [-0.15, -0.1) is 0 Å². The number of imidazole rings is 1. The van der Waals surface area contributed by atoms with Crippen molar-refractivity contribution in [1.29, 1.82) is 0 Å². The van der Waals surface area contributed by atoms with Gasteiger partial charge in [-0.1, -0.05) is 24.3 Å². The maximum absolute atomic E-state index is 5.35. The summed E-state index contributed by atoms with van der Waals surface area (Å²) in [6.07, 6.45) is 6.57. The lowest BCUT2D eigenvalue weighted by molar-refractivity contribution is 0.145. The van der Waals surface area contributed by atoms with Gasteiger partial charge < -0.3 is 19.9 Å². The summed E-state index contributed by atoms with van der Waals surface area (Å²) in [5.41, 5.74) is 2.45. The third-order valence-corrected chi connectivity index (χ3v) is 3.67. The van der Waals surface area contributed by atoms with Gasteiger partial charge in [-0.25, -0.2) is 9.98 Å². The number of rotatable bonds is 10. The molecule has 136 valence electrons. The van der Waals surface area contributed by atoms with Crippen LogP contribution in [-0.4, -0.2) is 41.8 Å². The second-order valence-corrected chi connectivity index (χ2v) is 5.72. The Kier molecular flexibility index (Phi) is 8.55. The molecule has 0 atom stereocenters. The van der Waals surface area contributed by atoms with E-state index in [4.69, 9.17) is 4.74 Å². The molecule has 1 aromatic carbocycles. The largest absolute Gasteiger partial charge is 0.382 e. The van der Waals surface area contributed by atoms with Crippen LogP contribution in [0.2, 0.25) is 0 Å². The van der Waals surface area contributed by atoms with E-state index in [1.54, 1.807) is 6.20 Å². The van der Waals surface area contributed by atoms with Crippen molar-refractivity contribution >= 4 is 5.96 Å². The molecule has 6 heteroatoms. The fourth-order valence-electron chi connectivity index (χ4n) is 2.38. The van der Waals surface area contributed by atoms with Crippen molar-refractivity contribution in [2.45, 2.75) is 33.4 Å². The Morgan fingerprint density at radius 2 is 1.96 bits per heavy atom. The highest BCUT2D eigenvalue weighted by Gasteiger charge is 1.99. The summed E-state index contributed by atoms with van der Waals surface area (Å²) < 4.78 is 7.41. The average Bonchev–Trinajstić information content (AvgIpc) is 3.13. The predicted molar refractivity (Wildman–Crippen MR) is 102 cm³/mol. The second kappa shape index (κ2) is 11.3. The van der Waals surface area contributed by atoms with Crippen molar-refractivity contribution in [3.05, 3.63) is 54.1 Å². The number of guanidine groups is 1. The van der Waals surface area contributed by atoms with E-state index in [0.29, 0.717) is 6.54 Å². The van der Waals surface area contributed by atoms with Gasteiger partial charge in [0.2, 0.25) is 0 Å². The lowest BCUT2D eigenvalue weighted by Gasteiger charge is -2.11. The van der Waals surface area contributed by atoms with E-state index in [9.17, 15) is 0 Å². The van der Waals surface area contributed by atoms with Crippen LogP contribution in [-0.2, 0) is 17.8 Å². The first kappa shape index (κ1) is 19.0. The standard InChI is InChI=1S/C19H29N5O/c1-3-21-19(22-10-5-13-25-4-2)23-14-17-6-8-18(9-7-17)15-24-12-11-20-16-24/h6-9,11-12,16H,3-5,10,13-15H2,1-2H3,(H2,21,22,23). The lowest BCUT2D eigenvalue weighted by atomic mass is 10.1. The Morgan fingerprint density at radius 3 is 2.64 bits per heavy atom. The molecule has 1 heterocycles. The molecule has 0 bridgehead atoms. The quantitative estimate of drug-likeness (QED) is 0.395. The van der Waals surface area contributed by atoms with Crippen LogP contribution in [0.25, 0.3) is 0 Å². The number of benzene rings is 1. The molecule has 25 heavy (non-hydrogen) atoms. The van der Waals surface area contributed by atoms with Crippen molar-refractivity contribution in [1.82, 2.24) is 20.2 Å². The summed E-state index contributed by atoms with van der Waals surface area (Å²) in [5, 5.41) is 6.61. The minimum absolute atomic E-state index is 0.659. The molecule has 0 saturated carbocycles. The van der Waals surface area contributed by atoms with Crippen LogP contribution in [0.3, 0.4) is 0 Å². The van der Waals surface area contributed by atoms with E-state index in [1.165, 1.54) is 11.1 Å². The molecular formula is C19H29N5O. The van der Waals surface area contributed by atoms with Crippen LogP contribution >= 0.6 is 0 Å². The Balaban J connectivity index is 1.82. The zero-order valence-electron chi connectivity index (χ0n) is 15.2. The van der Waals surface area contributed by atoms with Crippen LogP contribution in [0.4, 0.5) is 0 Å². The van der Waals surface area contributed by atoms with Crippen molar-refractivity contribution in [2.24, 2.45) is 4.99 Å². The molecule has 2 N–H and O–H groups in total. The SMILES string of the molecule is CCNC(=NCc1ccc(Cn2ccnc2)cc1)NCCCOCC. The topological polar surface area (TPSA) is 63.5 Å². The van der Waals surface area contributed by atoms with Crippen LogP contribution in [0, 0.1) is 0 Å². The minimum Gasteiger partial charge on any atom is -0.382 e. The number of hydrogen-bond acceptors (Lipinski definition) is 3. The predicted octanol–water partition coefficient (Wildman–Crippen LogP) is 2.41. The zero-order chi connectivity index (χ0) is 17.7. The maximum atomic E-state index is 5.35. The molecular weight excluding hydrogens is 314 g/mol. The van der Waals surface area contributed by atoms with Crippen molar-refractivity contribution < 1.29 is 4.74 Å². The van der Waals surface area contributed by atoms with E-state index in [2.05, 4.69) is 56.4 Å². The normalized spacial score (nSPS) is 11.5. The van der Waals surface area contributed by atoms with E-state index < -0.39 is 0 Å². The van der Waals surface area contributed by atoms with E-state index in [-0.39, 0.29) is 0 Å². The average molecular weight is 343 g/mol. The molecule has 6 nitrogen and oxygen atoms in total. The van der Waals surface area contributed by atoms with Gasteiger partial charge in [0, 0.05) is 45.2 Å². The molecule has 0 amide bonds. The Bertz CT molecular complexity index is 607. The van der Waals surface area contributed by atoms with Gasteiger partial charge in [-0.05, 0) is 31.4 Å². The van der Waals surface area contributed by atoms with Gasteiger partial charge in [0.1, 0.15) is 0 Å². The summed E-state index contributed by atoms with van der Waals surface area (Å²) in [6.45, 7) is 8.84. The number of aromatic nitrogens is 2. The van der Waals surface area contributed by atoms with Crippen molar-refractivity contribution in [3.63, 3.8) is 0 Å². The molecule has 2 rings (SSSR count). The molecule has 0 spiro atoms. The number of nitrogens with one attached hydrogen (secondary N) is 2. The summed E-state index contributed by atoms with van der Waals surface area (Å²) >= 11 is 0. The number of hydrogen-bond donors (Lipinski definition) is 2. The Morgan fingerprint density at radius 1 is 1.16 bits per heavy atom. The molecule has 0 aliphatic rings. The number of aliphatic imine (C=N–C) groups is 1. The van der Waals surface area contributed by atoms with Crippen molar-refractivity contribution in [3.8, 4) is 0 Å². The summed E-state index contributed by atoms with van der Waals surface area (Å²) in [6, 6.07) is 8.56. The lowest BCUT2D eigenvalue weighted by Crippen LogP contribution is -2.38. The van der Waals surface area contributed by atoms with Crippen molar-refractivity contribution in [2.75, 3.05) is 26.3 Å². The number of ether oxygens (including phenoxy) is 1. The molecule has 2 aromatic rings. The monoisotopic (exact) mass is 343 g/mol. The molecule has 0 aliphatic carbocycles. The highest BCUT2D eigenvalue weighted by Crippen LogP contribution is 2.07. The first-order valence-electron chi connectivity index (χ1n) is 8.95. The molecule has 0 fully saturated rings. The van der Waals surface area contributed by atoms with E-state index in [1.807, 2.05) is 19.4 Å². The summed E-state index contributed by atoms with van der Waals surface area (Å²) in [7, 11) is 0. The number of nitrogens with zero attached hydrogens (tertiary/aromatic N) is 3. The zero-order valence-corrected chi connectivity index (χ0v) is 15.2. The first-order valence-corrected chi connectivity index (χ1v) is 8.95. The van der Waals surface area contributed by atoms with Gasteiger partial charge in [-0.3, -0.25) is 0 Å². The fraction of sp³-hybridized carbons (Fsp3) is 0.474. The van der Waals surface area contributed by atoms with Gasteiger partial charge in [0.05, 0.1) is 12.9 Å². The maximum Gasteiger partial charge on any atom is 0.191 e. The van der Waals surface area contributed by atoms with Gasteiger partial charge in [-0.2, -0.15) is 0 Å². The minimum atomic E-state index is 0.659. The molecule has 0 saturated heterocycles. The van der Waals surface area contributed by atoms with Gasteiger partial charge in [0.15, 0.2) is 5.96 Å². The smallest absolute Gasteiger partial charge is 0.191 e. The molecule has 0 radical (unpaired) electrons. The van der Waals surface area contributed by atoms with E-state index in [0.717, 1.165) is 45.2 Å². The third-order valence-electron chi connectivity index (χ3n) is 3.67. The van der Waals surface area contributed by atoms with Gasteiger partial charge in [0.25, 0.3) is 0 Å². The van der Waals surface area contributed by atoms with Crippen LogP contribution in [0.15, 0.2) is 48.0 Å². The first-order chi connectivity index (χ1) is 12.3. The van der Waals surface area contributed by atoms with Crippen LogP contribution in [0.5, 0.6) is 0 Å².